The van der Waals surface area contributed by atoms with Gasteiger partial charge in [-0.3, -0.25) is 0 Å². The van der Waals surface area contributed by atoms with Crippen LogP contribution in [0.3, 0.4) is 0 Å². The number of benzene rings is 1. The quantitative estimate of drug-likeness (QED) is 0.816. The summed E-state index contributed by atoms with van der Waals surface area (Å²) in [5, 5.41) is 3.62. The first-order valence-electron chi connectivity index (χ1n) is 5.89. The fraction of sp³-hybridized carbons (Fsp3) is 0.333. The van der Waals surface area contributed by atoms with E-state index < -0.39 is 6.10 Å². The summed E-state index contributed by atoms with van der Waals surface area (Å²) in [5.74, 6) is 0. The normalized spacial score (nSPS) is 18.7. The summed E-state index contributed by atoms with van der Waals surface area (Å²) in [6.45, 7) is 1.17. The summed E-state index contributed by atoms with van der Waals surface area (Å²) in [7, 11) is 0. The fourth-order valence-electron chi connectivity index (χ4n) is 1.79. The van der Waals surface area contributed by atoms with Crippen LogP contribution < -0.4 is 11.1 Å². The first-order valence-corrected chi connectivity index (χ1v) is 7.05. The number of carbonyl (C=O) groups excluding carboxylic acids is 1. The van der Waals surface area contributed by atoms with Gasteiger partial charge in [0.15, 0.2) is 0 Å². The molecular weight excluding hydrogens is 321 g/mol. The number of nitrogens with zero attached hydrogens (tertiary/aromatic N) is 1. The maximum atomic E-state index is 12.2. The summed E-state index contributed by atoms with van der Waals surface area (Å²) in [6.07, 6.45) is -0.417. The van der Waals surface area contributed by atoms with E-state index in [9.17, 15) is 4.79 Å². The van der Waals surface area contributed by atoms with Crippen LogP contribution in [0.2, 0.25) is 10.0 Å². The van der Waals surface area contributed by atoms with E-state index in [0.29, 0.717) is 35.4 Å². The number of halogens is 2. The highest BCUT2D eigenvalue weighted by atomic mass is 35.5. The second-order valence-electron chi connectivity index (χ2n) is 4.26. The highest BCUT2D eigenvalue weighted by Gasteiger charge is 2.26. The van der Waals surface area contributed by atoms with Gasteiger partial charge >= 0.3 is 6.03 Å². The Morgan fingerprint density at radius 1 is 1.50 bits per heavy atom. The molecule has 2 rings (SSSR count). The number of ether oxygens (including phenoxy) is 1. The standard InChI is InChI=1S/C12H13Cl2N3O2S/c13-7-1-2-8(14)9(5-7)16-12(18)17-3-4-19-10(6-17)11(15)20/h1-2,5,10H,3-4,6H2,(H2,15,20)(H,16,18). The van der Waals surface area contributed by atoms with Crippen LogP contribution in [-0.4, -0.2) is 41.7 Å². The van der Waals surface area contributed by atoms with E-state index >= 15 is 0 Å². The topological polar surface area (TPSA) is 67.6 Å². The Kier molecular flexibility index (Phi) is 5.04. The second-order valence-corrected chi connectivity index (χ2v) is 5.58. The number of urea groups is 1. The number of nitrogens with two attached hydrogens (primary N) is 1. The molecule has 1 aliphatic heterocycles. The van der Waals surface area contributed by atoms with E-state index in [0.717, 1.165) is 0 Å². The molecule has 0 saturated carbocycles. The van der Waals surface area contributed by atoms with Gasteiger partial charge < -0.3 is 20.7 Å². The van der Waals surface area contributed by atoms with E-state index in [1.165, 1.54) is 0 Å². The van der Waals surface area contributed by atoms with Crippen LogP contribution in [0, 0.1) is 0 Å². The van der Waals surface area contributed by atoms with E-state index in [1.54, 1.807) is 23.1 Å². The fourth-order valence-corrected chi connectivity index (χ4v) is 2.27. The molecule has 1 saturated heterocycles. The molecule has 0 aromatic heterocycles. The molecule has 3 N–H and O–H groups in total. The van der Waals surface area contributed by atoms with Gasteiger partial charge in [-0.1, -0.05) is 35.4 Å². The van der Waals surface area contributed by atoms with Crippen molar-refractivity contribution in [3.05, 3.63) is 28.2 Å². The van der Waals surface area contributed by atoms with Gasteiger partial charge in [0.1, 0.15) is 11.1 Å². The number of hydrogen-bond acceptors (Lipinski definition) is 3. The maximum Gasteiger partial charge on any atom is 0.322 e. The molecule has 5 nitrogen and oxygen atoms in total. The van der Waals surface area contributed by atoms with Crippen LogP contribution in [0.15, 0.2) is 18.2 Å². The molecule has 0 bridgehead atoms. The Labute approximate surface area is 132 Å². The average Bonchev–Trinajstić information content (AvgIpc) is 2.43. The zero-order valence-electron chi connectivity index (χ0n) is 10.4. The third kappa shape index (κ3) is 3.73. The number of nitrogens with one attached hydrogen (secondary N) is 1. The Morgan fingerprint density at radius 3 is 2.95 bits per heavy atom. The third-order valence-electron chi connectivity index (χ3n) is 2.84. The van der Waals surface area contributed by atoms with Gasteiger partial charge in [-0.25, -0.2) is 4.79 Å². The molecule has 1 fully saturated rings. The molecule has 8 heteroatoms. The minimum absolute atomic E-state index is 0.239. The van der Waals surface area contributed by atoms with Crippen molar-refractivity contribution in [2.75, 3.05) is 25.0 Å². The van der Waals surface area contributed by atoms with Crippen molar-refractivity contribution in [1.82, 2.24) is 4.90 Å². The van der Waals surface area contributed by atoms with E-state index in [-0.39, 0.29) is 11.0 Å². The minimum atomic E-state index is -0.417. The van der Waals surface area contributed by atoms with Gasteiger partial charge in [0.05, 0.1) is 23.9 Å². The number of rotatable bonds is 2. The lowest BCUT2D eigenvalue weighted by Gasteiger charge is -2.32. The zero-order valence-corrected chi connectivity index (χ0v) is 12.8. The van der Waals surface area contributed by atoms with Crippen LogP contribution in [-0.2, 0) is 4.74 Å². The minimum Gasteiger partial charge on any atom is -0.391 e. The number of carbonyl (C=O) groups is 1. The first-order chi connectivity index (χ1) is 9.47. The van der Waals surface area contributed by atoms with E-state index in [2.05, 4.69) is 5.32 Å². The largest absolute Gasteiger partial charge is 0.391 e. The predicted molar refractivity (Wildman–Crippen MR) is 83.6 cm³/mol. The summed E-state index contributed by atoms with van der Waals surface area (Å²) >= 11 is 16.8. The van der Waals surface area contributed by atoms with Gasteiger partial charge in [0, 0.05) is 11.6 Å². The molecule has 1 aromatic rings. The van der Waals surface area contributed by atoms with Crippen molar-refractivity contribution in [3.8, 4) is 0 Å². The van der Waals surface area contributed by atoms with Crippen molar-refractivity contribution in [2.24, 2.45) is 5.73 Å². The highest BCUT2D eigenvalue weighted by molar-refractivity contribution is 7.80. The number of thiocarbonyl (C=S) groups is 1. The lowest BCUT2D eigenvalue weighted by atomic mass is 10.3. The average molecular weight is 334 g/mol. The Hall–Kier alpha value is -1.08. The first kappa shape index (κ1) is 15.3. The predicted octanol–water partition coefficient (Wildman–Crippen LogP) is 2.51. The van der Waals surface area contributed by atoms with E-state index in [1.807, 2.05) is 0 Å². The Morgan fingerprint density at radius 2 is 2.25 bits per heavy atom. The molecule has 1 aliphatic rings. The molecule has 1 atom stereocenters. The molecule has 108 valence electrons. The van der Waals surface area contributed by atoms with Crippen molar-refractivity contribution >= 4 is 52.1 Å². The van der Waals surface area contributed by atoms with Gasteiger partial charge in [-0.05, 0) is 18.2 Å². The van der Waals surface area contributed by atoms with Crippen LogP contribution in [0.25, 0.3) is 0 Å². The summed E-state index contributed by atoms with van der Waals surface area (Å²) in [5.41, 5.74) is 6.00. The van der Waals surface area contributed by atoms with Gasteiger partial charge in [-0.15, -0.1) is 0 Å². The smallest absolute Gasteiger partial charge is 0.322 e. The molecule has 0 spiro atoms. The second kappa shape index (κ2) is 6.58. The number of amides is 2. The lowest BCUT2D eigenvalue weighted by Crippen LogP contribution is -2.51. The summed E-state index contributed by atoms with van der Waals surface area (Å²) < 4.78 is 5.38. The Balaban J connectivity index is 2.04. The third-order valence-corrected chi connectivity index (χ3v) is 3.67. The van der Waals surface area contributed by atoms with Crippen molar-refractivity contribution in [1.29, 1.82) is 0 Å². The molecule has 1 unspecified atom stereocenters. The molecule has 0 radical (unpaired) electrons. The molecule has 2 amide bonds. The molecule has 20 heavy (non-hydrogen) atoms. The number of morpholine rings is 1. The zero-order chi connectivity index (χ0) is 14.7. The van der Waals surface area contributed by atoms with Crippen LogP contribution >= 0.6 is 35.4 Å². The van der Waals surface area contributed by atoms with E-state index in [4.69, 9.17) is 45.9 Å². The SMILES string of the molecule is NC(=S)C1CN(C(=O)Nc2cc(Cl)ccc2Cl)CCO1. The molecular formula is C12H13Cl2N3O2S. The van der Waals surface area contributed by atoms with Crippen LogP contribution in [0.1, 0.15) is 0 Å². The monoisotopic (exact) mass is 333 g/mol. The number of hydrogen-bond donors (Lipinski definition) is 2. The van der Waals surface area contributed by atoms with Crippen LogP contribution in [0.5, 0.6) is 0 Å². The molecule has 1 aromatic carbocycles. The number of anilines is 1. The molecule has 1 heterocycles. The summed E-state index contributed by atoms with van der Waals surface area (Å²) in [6, 6.07) is 4.57. The van der Waals surface area contributed by atoms with Gasteiger partial charge in [-0.2, -0.15) is 0 Å². The highest BCUT2D eigenvalue weighted by Crippen LogP contribution is 2.25. The maximum absolute atomic E-state index is 12.2. The molecule has 0 aliphatic carbocycles. The van der Waals surface area contributed by atoms with Crippen molar-refractivity contribution in [2.45, 2.75) is 6.10 Å². The van der Waals surface area contributed by atoms with Gasteiger partial charge in [0.25, 0.3) is 0 Å². The lowest BCUT2D eigenvalue weighted by molar-refractivity contribution is 0.0251. The Bertz CT molecular complexity index is 541. The summed E-state index contributed by atoms with van der Waals surface area (Å²) in [4.78, 5) is 14.0. The van der Waals surface area contributed by atoms with Gasteiger partial charge in [0.2, 0.25) is 0 Å². The van der Waals surface area contributed by atoms with Crippen molar-refractivity contribution < 1.29 is 9.53 Å². The van der Waals surface area contributed by atoms with Crippen molar-refractivity contribution in [3.63, 3.8) is 0 Å². The van der Waals surface area contributed by atoms with Crippen LogP contribution in [0.4, 0.5) is 10.5 Å².